The van der Waals surface area contributed by atoms with Crippen LogP contribution in [0.3, 0.4) is 0 Å². The molecule has 0 unspecified atom stereocenters. The number of nitrogens with one attached hydrogen (secondary N) is 1. The quantitative estimate of drug-likeness (QED) is 0.467. The number of amides is 1. The fraction of sp³-hybridized carbons (Fsp3) is 0.318. The van der Waals surface area contributed by atoms with Gasteiger partial charge >= 0.3 is 0 Å². The zero-order chi connectivity index (χ0) is 19.9. The second-order valence-electron chi connectivity index (χ2n) is 6.74. The van der Waals surface area contributed by atoms with Gasteiger partial charge in [0.1, 0.15) is 0 Å². The summed E-state index contributed by atoms with van der Waals surface area (Å²) in [4.78, 5) is 29.6. The molecule has 0 saturated heterocycles. The molecule has 2 aromatic carbocycles. The van der Waals surface area contributed by atoms with Crippen LogP contribution in [-0.2, 0) is 17.8 Å². The number of nitrogens with zero attached hydrogens (tertiary/aromatic N) is 2. The van der Waals surface area contributed by atoms with Gasteiger partial charge in [-0.2, -0.15) is 0 Å². The first kappa shape index (κ1) is 20.1. The maximum absolute atomic E-state index is 12.6. The van der Waals surface area contributed by atoms with Gasteiger partial charge in [0.05, 0.1) is 16.7 Å². The molecule has 0 fully saturated rings. The lowest BCUT2D eigenvalue weighted by Gasteiger charge is -2.15. The van der Waals surface area contributed by atoms with Crippen LogP contribution in [0, 0.1) is 0 Å². The monoisotopic (exact) mass is 395 g/mol. The largest absolute Gasteiger partial charge is 0.353 e. The highest BCUT2D eigenvalue weighted by Gasteiger charge is 2.13. The van der Waals surface area contributed by atoms with Gasteiger partial charge in [0.15, 0.2) is 5.16 Å². The Balaban J connectivity index is 1.59. The molecule has 0 aliphatic rings. The molecule has 146 valence electrons. The van der Waals surface area contributed by atoms with Gasteiger partial charge in [0.25, 0.3) is 5.56 Å². The van der Waals surface area contributed by atoms with E-state index in [1.54, 1.807) is 10.6 Å². The fourth-order valence-electron chi connectivity index (χ4n) is 3.08. The lowest BCUT2D eigenvalue weighted by atomic mass is 10.1. The predicted octanol–water partition coefficient (Wildman–Crippen LogP) is 3.65. The number of carbonyl (C=O) groups excluding carboxylic acids is 1. The molecular formula is C22H25N3O2S. The van der Waals surface area contributed by atoms with Crippen LogP contribution >= 0.6 is 11.8 Å². The van der Waals surface area contributed by atoms with Gasteiger partial charge in [-0.3, -0.25) is 14.2 Å². The molecule has 1 atom stereocenters. The number of fused-ring (bicyclic) bond motifs is 1. The van der Waals surface area contributed by atoms with E-state index in [9.17, 15) is 9.59 Å². The first-order valence-corrected chi connectivity index (χ1v) is 10.5. The van der Waals surface area contributed by atoms with Gasteiger partial charge in [0, 0.05) is 12.6 Å². The second kappa shape index (κ2) is 9.55. The molecule has 0 spiro atoms. The summed E-state index contributed by atoms with van der Waals surface area (Å²) in [6, 6.07) is 17.6. The average Bonchev–Trinajstić information content (AvgIpc) is 2.71. The molecule has 28 heavy (non-hydrogen) atoms. The van der Waals surface area contributed by atoms with Crippen molar-refractivity contribution in [3.05, 3.63) is 70.5 Å². The lowest BCUT2D eigenvalue weighted by molar-refractivity contribution is -0.119. The van der Waals surface area contributed by atoms with E-state index in [1.807, 2.05) is 50.2 Å². The third-order valence-electron chi connectivity index (χ3n) is 4.59. The van der Waals surface area contributed by atoms with E-state index in [-0.39, 0.29) is 23.3 Å². The van der Waals surface area contributed by atoms with Crippen LogP contribution in [-0.4, -0.2) is 27.3 Å². The number of carbonyl (C=O) groups is 1. The number of para-hydroxylation sites is 1. The molecule has 1 N–H and O–H groups in total. The van der Waals surface area contributed by atoms with Crippen LogP contribution in [0.2, 0.25) is 0 Å². The fourth-order valence-corrected chi connectivity index (χ4v) is 3.96. The summed E-state index contributed by atoms with van der Waals surface area (Å²) >= 11 is 1.31. The van der Waals surface area contributed by atoms with Crippen molar-refractivity contribution >= 4 is 28.6 Å². The molecule has 0 radical (unpaired) electrons. The smallest absolute Gasteiger partial charge is 0.262 e. The van der Waals surface area contributed by atoms with E-state index >= 15 is 0 Å². The van der Waals surface area contributed by atoms with Crippen molar-refractivity contribution < 1.29 is 4.79 Å². The molecule has 0 aliphatic heterocycles. The van der Waals surface area contributed by atoms with E-state index < -0.39 is 0 Å². The Labute approximate surface area is 169 Å². The van der Waals surface area contributed by atoms with Crippen LogP contribution in [0.5, 0.6) is 0 Å². The number of hydrogen-bond acceptors (Lipinski definition) is 4. The van der Waals surface area contributed by atoms with Crippen molar-refractivity contribution in [1.29, 1.82) is 0 Å². The van der Waals surface area contributed by atoms with Crippen molar-refractivity contribution in [2.45, 2.75) is 44.4 Å². The zero-order valence-corrected chi connectivity index (χ0v) is 17.0. The minimum Gasteiger partial charge on any atom is -0.353 e. The first-order valence-electron chi connectivity index (χ1n) is 9.54. The highest BCUT2D eigenvalue weighted by atomic mass is 32.2. The van der Waals surface area contributed by atoms with Gasteiger partial charge in [-0.25, -0.2) is 4.98 Å². The van der Waals surface area contributed by atoms with E-state index in [1.165, 1.54) is 17.3 Å². The van der Waals surface area contributed by atoms with Crippen molar-refractivity contribution in [3.63, 3.8) is 0 Å². The van der Waals surface area contributed by atoms with Crippen molar-refractivity contribution in [3.8, 4) is 0 Å². The number of benzene rings is 2. The molecule has 1 aromatic heterocycles. The van der Waals surface area contributed by atoms with Crippen molar-refractivity contribution in [2.24, 2.45) is 0 Å². The second-order valence-corrected chi connectivity index (χ2v) is 7.68. The number of rotatable bonds is 8. The van der Waals surface area contributed by atoms with Crippen LogP contribution in [0.4, 0.5) is 0 Å². The summed E-state index contributed by atoms with van der Waals surface area (Å²) in [7, 11) is 0. The average molecular weight is 396 g/mol. The molecule has 6 heteroatoms. The number of aromatic nitrogens is 2. The lowest BCUT2D eigenvalue weighted by Crippen LogP contribution is -2.34. The minimum atomic E-state index is -0.0627. The molecule has 3 rings (SSSR count). The van der Waals surface area contributed by atoms with Crippen LogP contribution in [0.1, 0.15) is 25.8 Å². The first-order chi connectivity index (χ1) is 13.6. The van der Waals surface area contributed by atoms with Gasteiger partial charge < -0.3 is 5.32 Å². The third-order valence-corrected chi connectivity index (χ3v) is 5.57. The van der Waals surface area contributed by atoms with E-state index in [4.69, 9.17) is 0 Å². The standard InChI is InChI=1S/C22H25N3O2S/c1-3-25-21(27)18-11-7-8-12-19(18)24-22(25)28-15-20(26)23-16(2)13-14-17-9-5-4-6-10-17/h4-12,16H,3,13-15H2,1-2H3,(H,23,26)/t16-/m0/s1. The molecule has 1 heterocycles. The highest BCUT2D eigenvalue weighted by molar-refractivity contribution is 7.99. The Bertz CT molecular complexity index is 1000. The molecule has 0 aliphatic carbocycles. The number of aryl methyl sites for hydroxylation is 1. The molecule has 0 saturated carbocycles. The Hall–Kier alpha value is -2.60. The SMILES string of the molecule is CCn1c(SCC(=O)N[C@@H](C)CCc2ccccc2)nc2ccccc2c1=O. The number of thioether (sulfide) groups is 1. The summed E-state index contributed by atoms with van der Waals surface area (Å²) in [6.45, 7) is 4.45. The van der Waals surface area contributed by atoms with Crippen LogP contribution in [0.25, 0.3) is 10.9 Å². The maximum atomic E-state index is 12.6. The molecule has 3 aromatic rings. The maximum Gasteiger partial charge on any atom is 0.262 e. The Morgan fingerprint density at radius 1 is 1.14 bits per heavy atom. The van der Waals surface area contributed by atoms with Crippen molar-refractivity contribution in [2.75, 3.05) is 5.75 Å². The Morgan fingerprint density at radius 2 is 1.86 bits per heavy atom. The summed E-state index contributed by atoms with van der Waals surface area (Å²) in [5, 5.41) is 4.22. The summed E-state index contributed by atoms with van der Waals surface area (Å²) in [5.74, 6) is 0.191. The number of hydrogen-bond donors (Lipinski definition) is 1. The molecular weight excluding hydrogens is 370 g/mol. The summed E-state index contributed by atoms with van der Waals surface area (Å²) in [6.07, 6.45) is 1.81. The Kier molecular flexibility index (Phi) is 6.87. The normalized spacial score (nSPS) is 12.1. The zero-order valence-electron chi connectivity index (χ0n) is 16.2. The van der Waals surface area contributed by atoms with E-state index in [0.717, 1.165) is 12.8 Å². The van der Waals surface area contributed by atoms with Crippen molar-refractivity contribution in [1.82, 2.24) is 14.9 Å². The van der Waals surface area contributed by atoms with Gasteiger partial charge in [-0.1, -0.05) is 54.2 Å². The van der Waals surface area contributed by atoms with Crippen LogP contribution in [0.15, 0.2) is 64.5 Å². The molecule has 5 nitrogen and oxygen atoms in total. The topological polar surface area (TPSA) is 64.0 Å². The van der Waals surface area contributed by atoms with Crippen LogP contribution < -0.4 is 10.9 Å². The van der Waals surface area contributed by atoms with Gasteiger partial charge in [0.2, 0.25) is 5.91 Å². The molecule has 1 amide bonds. The summed E-state index contributed by atoms with van der Waals surface area (Å²) in [5.41, 5.74) is 1.87. The van der Waals surface area contributed by atoms with Gasteiger partial charge in [-0.05, 0) is 44.4 Å². The summed E-state index contributed by atoms with van der Waals surface area (Å²) < 4.78 is 1.62. The highest BCUT2D eigenvalue weighted by Crippen LogP contribution is 2.17. The predicted molar refractivity (Wildman–Crippen MR) is 115 cm³/mol. The van der Waals surface area contributed by atoms with Gasteiger partial charge in [-0.15, -0.1) is 0 Å². The van der Waals surface area contributed by atoms with E-state index in [2.05, 4.69) is 22.4 Å². The minimum absolute atomic E-state index is 0.0457. The molecule has 0 bridgehead atoms. The third kappa shape index (κ3) is 5.01. The Morgan fingerprint density at radius 3 is 2.61 bits per heavy atom. The van der Waals surface area contributed by atoms with E-state index in [0.29, 0.717) is 22.6 Å².